The van der Waals surface area contributed by atoms with Crippen molar-refractivity contribution in [3.8, 4) is 0 Å². The van der Waals surface area contributed by atoms with Crippen LogP contribution in [0.15, 0.2) is 23.8 Å². The van der Waals surface area contributed by atoms with Crippen LogP contribution in [0.25, 0.3) is 0 Å². The maximum absolute atomic E-state index is 11.9. The van der Waals surface area contributed by atoms with Crippen LogP contribution in [0.5, 0.6) is 0 Å². The molecule has 2 rings (SSSR count). The van der Waals surface area contributed by atoms with Crippen molar-refractivity contribution >= 4 is 12.3 Å². The van der Waals surface area contributed by atoms with E-state index >= 15 is 0 Å². The molecule has 0 spiro atoms. The van der Waals surface area contributed by atoms with Gasteiger partial charge in [-0.15, -0.1) is 0 Å². The van der Waals surface area contributed by atoms with Crippen molar-refractivity contribution in [2.24, 2.45) is 22.7 Å². The maximum Gasteiger partial charge on any atom is 0.309 e. The first-order valence-electron chi connectivity index (χ1n) is 8.28. The first-order valence-corrected chi connectivity index (χ1v) is 8.28. The summed E-state index contributed by atoms with van der Waals surface area (Å²) >= 11 is 0. The first kappa shape index (κ1) is 17.0. The van der Waals surface area contributed by atoms with Crippen LogP contribution in [-0.4, -0.2) is 17.4 Å². The Morgan fingerprint density at radius 3 is 2.68 bits per heavy atom. The van der Waals surface area contributed by atoms with Gasteiger partial charge < -0.3 is 5.11 Å². The van der Waals surface area contributed by atoms with E-state index in [1.54, 1.807) is 0 Å². The van der Waals surface area contributed by atoms with Crippen LogP contribution in [0.3, 0.4) is 0 Å². The van der Waals surface area contributed by atoms with Crippen molar-refractivity contribution in [3.63, 3.8) is 0 Å². The predicted molar refractivity (Wildman–Crippen MR) is 87.5 cm³/mol. The van der Waals surface area contributed by atoms with Gasteiger partial charge in [0.2, 0.25) is 0 Å². The average Bonchev–Trinajstić information content (AvgIpc) is 2.45. The largest absolute Gasteiger partial charge is 0.481 e. The fourth-order valence-corrected chi connectivity index (χ4v) is 4.99. The second-order valence-electron chi connectivity index (χ2n) is 7.69. The molecule has 3 nitrogen and oxygen atoms in total. The van der Waals surface area contributed by atoms with E-state index in [9.17, 15) is 14.7 Å². The fourth-order valence-electron chi connectivity index (χ4n) is 4.99. The average molecular weight is 304 g/mol. The highest BCUT2D eigenvalue weighted by molar-refractivity contribution is 5.75. The van der Waals surface area contributed by atoms with Crippen LogP contribution in [0, 0.1) is 22.7 Å². The van der Waals surface area contributed by atoms with Crippen molar-refractivity contribution in [1.29, 1.82) is 0 Å². The highest BCUT2D eigenvalue weighted by Crippen LogP contribution is 2.61. The first-order chi connectivity index (χ1) is 10.3. The number of allylic oxidation sites excluding steroid dienone is 3. The zero-order valence-electron chi connectivity index (χ0n) is 14.0. The molecule has 0 radical (unpaired) electrons. The molecule has 1 N–H and O–H groups in total. The standard InChI is InChI=1S/C19H28O3/c1-13(12-20)6-8-15-14(2)7-9-16-18(15,3)10-5-11-19(16,4)17(21)22/h6,12,15-16H,2,5,7-11H2,1,3-4H3,(H,21,22). The summed E-state index contributed by atoms with van der Waals surface area (Å²) in [4.78, 5) is 22.7. The quantitative estimate of drug-likeness (QED) is 0.476. The van der Waals surface area contributed by atoms with Crippen LogP contribution in [0.1, 0.15) is 59.3 Å². The molecule has 4 unspecified atom stereocenters. The molecule has 2 saturated carbocycles. The Kier molecular flexibility index (Phi) is 4.65. The molecular formula is C19H28O3. The lowest BCUT2D eigenvalue weighted by atomic mass is 9.46. The second-order valence-corrected chi connectivity index (χ2v) is 7.69. The summed E-state index contributed by atoms with van der Waals surface area (Å²) in [5, 5.41) is 9.78. The molecule has 0 saturated heterocycles. The van der Waals surface area contributed by atoms with Gasteiger partial charge in [0.05, 0.1) is 5.41 Å². The van der Waals surface area contributed by atoms with Crippen molar-refractivity contribution < 1.29 is 14.7 Å². The van der Waals surface area contributed by atoms with E-state index in [-0.39, 0.29) is 17.3 Å². The third-order valence-electron chi connectivity index (χ3n) is 6.37. The van der Waals surface area contributed by atoms with Gasteiger partial charge in [0.15, 0.2) is 0 Å². The molecule has 0 aromatic heterocycles. The molecule has 2 aliphatic rings. The topological polar surface area (TPSA) is 54.4 Å². The summed E-state index contributed by atoms with van der Waals surface area (Å²) in [5.41, 5.74) is 1.31. The maximum atomic E-state index is 11.9. The van der Waals surface area contributed by atoms with E-state index < -0.39 is 11.4 Å². The van der Waals surface area contributed by atoms with Gasteiger partial charge in [-0.1, -0.05) is 31.6 Å². The molecule has 0 amide bonds. The number of hydrogen-bond acceptors (Lipinski definition) is 2. The molecule has 0 aliphatic heterocycles. The lowest BCUT2D eigenvalue weighted by molar-refractivity contribution is -0.164. The Bertz CT molecular complexity index is 519. The summed E-state index contributed by atoms with van der Waals surface area (Å²) in [6.45, 7) is 10.3. The van der Waals surface area contributed by atoms with Crippen LogP contribution >= 0.6 is 0 Å². The fraction of sp³-hybridized carbons (Fsp3) is 0.684. The Morgan fingerprint density at radius 1 is 1.41 bits per heavy atom. The van der Waals surface area contributed by atoms with E-state index in [0.29, 0.717) is 0 Å². The zero-order chi connectivity index (χ0) is 16.5. The molecule has 2 aliphatic carbocycles. The Morgan fingerprint density at radius 2 is 2.09 bits per heavy atom. The molecule has 0 heterocycles. The molecule has 0 aromatic rings. The zero-order valence-corrected chi connectivity index (χ0v) is 14.0. The molecule has 3 heteroatoms. The number of aldehydes is 1. The molecule has 122 valence electrons. The summed E-state index contributed by atoms with van der Waals surface area (Å²) < 4.78 is 0. The normalized spacial score (nSPS) is 39.2. The van der Waals surface area contributed by atoms with E-state index in [4.69, 9.17) is 0 Å². The van der Waals surface area contributed by atoms with Crippen LogP contribution in [0.2, 0.25) is 0 Å². The van der Waals surface area contributed by atoms with Gasteiger partial charge in [0.1, 0.15) is 6.29 Å². The van der Waals surface area contributed by atoms with Gasteiger partial charge in [-0.2, -0.15) is 0 Å². The Balaban J connectivity index is 2.36. The van der Waals surface area contributed by atoms with Crippen LogP contribution in [-0.2, 0) is 9.59 Å². The van der Waals surface area contributed by atoms with E-state index in [1.807, 2.05) is 19.9 Å². The van der Waals surface area contributed by atoms with Gasteiger partial charge in [-0.05, 0) is 68.8 Å². The van der Waals surface area contributed by atoms with Gasteiger partial charge >= 0.3 is 5.97 Å². The van der Waals surface area contributed by atoms with Crippen molar-refractivity contribution in [2.45, 2.75) is 59.3 Å². The number of carbonyl (C=O) groups is 2. The third kappa shape index (κ3) is 2.66. The second kappa shape index (κ2) is 6.02. The minimum Gasteiger partial charge on any atom is -0.481 e. The van der Waals surface area contributed by atoms with E-state index in [0.717, 1.165) is 50.4 Å². The lowest BCUT2D eigenvalue weighted by Gasteiger charge is -2.57. The molecule has 4 atom stereocenters. The lowest BCUT2D eigenvalue weighted by Crippen LogP contribution is -2.53. The summed E-state index contributed by atoms with van der Waals surface area (Å²) in [7, 11) is 0. The smallest absolute Gasteiger partial charge is 0.309 e. The summed E-state index contributed by atoms with van der Waals surface area (Å²) in [5.74, 6) is -0.193. The number of aliphatic carboxylic acids is 1. The number of carboxylic acids is 1. The highest BCUT2D eigenvalue weighted by Gasteiger charge is 2.57. The van der Waals surface area contributed by atoms with Crippen LogP contribution < -0.4 is 0 Å². The monoisotopic (exact) mass is 304 g/mol. The molecule has 0 bridgehead atoms. The van der Waals surface area contributed by atoms with Crippen molar-refractivity contribution in [2.75, 3.05) is 0 Å². The molecular weight excluding hydrogens is 276 g/mol. The van der Waals surface area contributed by atoms with E-state index in [1.165, 1.54) is 5.57 Å². The summed E-state index contributed by atoms with van der Waals surface area (Å²) in [6.07, 6.45) is 8.27. The number of rotatable bonds is 4. The summed E-state index contributed by atoms with van der Waals surface area (Å²) in [6, 6.07) is 0. The van der Waals surface area contributed by atoms with Crippen LogP contribution in [0.4, 0.5) is 0 Å². The Hall–Kier alpha value is -1.38. The van der Waals surface area contributed by atoms with Gasteiger partial charge in [-0.25, -0.2) is 0 Å². The van der Waals surface area contributed by atoms with E-state index in [2.05, 4.69) is 13.5 Å². The predicted octanol–water partition coefficient (Wildman–Crippen LogP) is 4.39. The Labute approximate surface area is 133 Å². The highest BCUT2D eigenvalue weighted by atomic mass is 16.4. The SMILES string of the molecule is C=C1CCC2C(C)(C(=O)O)CCCC2(C)C1CC=C(C)C=O. The number of fused-ring (bicyclic) bond motifs is 1. The van der Waals surface area contributed by atoms with Gasteiger partial charge in [0, 0.05) is 0 Å². The number of hydrogen-bond donors (Lipinski definition) is 1. The molecule has 2 fully saturated rings. The van der Waals surface area contributed by atoms with Crippen molar-refractivity contribution in [1.82, 2.24) is 0 Å². The number of carboxylic acid groups (broad SMARTS) is 1. The minimum atomic E-state index is -0.658. The molecule has 0 aromatic carbocycles. The minimum absolute atomic E-state index is 0.0274. The number of carbonyl (C=O) groups excluding carboxylic acids is 1. The van der Waals surface area contributed by atoms with Crippen molar-refractivity contribution in [3.05, 3.63) is 23.8 Å². The third-order valence-corrected chi connectivity index (χ3v) is 6.37. The molecule has 22 heavy (non-hydrogen) atoms. The van der Waals surface area contributed by atoms with Gasteiger partial charge in [0.25, 0.3) is 0 Å². The van der Waals surface area contributed by atoms with Gasteiger partial charge in [-0.3, -0.25) is 9.59 Å².